The Morgan fingerprint density at radius 3 is 2.75 bits per heavy atom. The number of hydrogen-bond donors (Lipinski definition) is 1. The van der Waals surface area contributed by atoms with Crippen LogP contribution in [0, 0.1) is 5.92 Å². The molecule has 0 bridgehead atoms. The molecular weight excluding hydrogens is 324 g/mol. The lowest BCUT2D eigenvalue weighted by molar-refractivity contribution is 0.0541. The van der Waals surface area contributed by atoms with Crippen LogP contribution in [0.1, 0.15) is 45.6 Å². The molecule has 130 valence electrons. The Bertz CT molecular complexity index is 797. The minimum absolute atomic E-state index is 0.300. The highest BCUT2D eigenvalue weighted by Gasteiger charge is 2.23. The van der Waals surface area contributed by atoms with Crippen molar-refractivity contribution in [1.29, 1.82) is 0 Å². The van der Waals surface area contributed by atoms with Crippen molar-refractivity contribution in [2.24, 2.45) is 5.92 Å². The Labute approximate surface area is 145 Å². The highest BCUT2D eigenvalue weighted by Crippen LogP contribution is 2.26. The van der Waals surface area contributed by atoms with Gasteiger partial charge in [-0.1, -0.05) is 29.9 Å². The molecule has 2 aromatic rings. The van der Waals surface area contributed by atoms with Gasteiger partial charge in [-0.15, -0.1) is 0 Å². The van der Waals surface area contributed by atoms with E-state index in [9.17, 15) is 9.59 Å². The Morgan fingerprint density at radius 1 is 1.38 bits per heavy atom. The Hall–Kier alpha value is -1.66. The van der Waals surface area contributed by atoms with Crippen LogP contribution in [0.4, 0.5) is 4.79 Å². The van der Waals surface area contributed by atoms with Crippen molar-refractivity contribution in [2.45, 2.75) is 52.2 Å². The quantitative estimate of drug-likeness (QED) is 0.914. The molecule has 1 aliphatic carbocycles. The summed E-state index contributed by atoms with van der Waals surface area (Å²) in [4.78, 5) is 24.4. The molecule has 0 spiro atoms. The summed E-state index contributed by atoms with van der Waals surface area (Å²) in [5, 5.41) is 3.47. The molecular formula is C18H24N2O3S. The fourth-order valence-electron chi connectivity index (χ4n) is 2.82. The zero-order chi connectivity index (χ0) is 17.3. The standard InChI is InChI=1S/C18H24N2O3S/c1-18(2,3)23-16(21)20-14-9-5-8-13(15(14)24-17(20)22)11-19-10-12-6-4-7-12/h5,8-9,12,19H,4,6-7,10-11H2,1-3H3. The van der Waals surface area contributed by atoms with Gasteiger partial charge in [-0.25, -0.2) is 9.36 Å². The Morgan fingerprint density at radius 2 is 2.12 bits per heavy atom. The predicted molar refractivity (Wildman–Crippen MR) is 96.8 cm³/mol. The van der Waals surface area contributed by atoms with Crippen molar-refractivity contribution < 1.29 is 9.53 Å². The van der Waals surface area contributed by atoms with Gasteiger partial charge in [-0.05, 0) is 57.7 Å². The first kappa shape index (κ1) is 17.2. The van der Waals surface area contributed by atoms with Crippen molar-refractivity contribution in [2.75, 3.05) is 6.54 Å². The van der Waals surface area contributed by atoms with Crippen LogP contribution in [-0.2, 0) is 11.3 Å². The summed E-state index contributed by atoms with van der Waals surface area (Å²) < 4.78 is 7.36. The summed E-state index contributed by atoms with van der Waals surface area (Å²) in [6.07, 6.45) is 3.33. The van der Waals surface area contributed by atoms with E-state index in [2.05, 4.69) is 5.32 Å². The molecule has 0 amide bonds. The molecule has 1 fully saturated rings. The maximum Gasteiger partial charge on any atom is 0.422 e. The number of rotatable bonds is 4. The third-order valence-corrected chi connectivity index (χ3v) is 5.27. The molecule has 1 aliphatic rings. The van der Waals surface area contributed by atoms with E-state index in [1.807, 2.05) is 12.1 Å². The molecule has 0 saturated heterocycles. The number of benzene rings is 1. The van der Waals surface area contributed by atoms with E-state index in [-0.39, 0.29) is 4.87 Å². The second-order valence-corrected chi connectivity index (χ2v) is 8.34. The van der Waals surface area contributed by atoms with Crippen LogP contribution >= 0.6 is 11.3 Å². The van der Waals surface area contributed by atoms with E-state index in [4.69, 9.17) is 4.74 Å². The van der Waals surface area contributed by atoms with Gasteiger partial charge in [0.05, 0.1) is 10.2 Å². The molecule has 1 saturated carbocycles. The van der Waals surface area contributed by atoms with Crippen LogP contribution in [-0.4, -0.2) is 22.8 Å². The lowest BCUT2D eigenvalue weighted by Gasteiger charge is -2.25. The van der Waals surface area contributed by atoms with Gasteiger partial charge in [0.2, 0.25) is 0 Å². The first-order valence-corrected chi connectivity index (χ1v) is 9.24. The van der Waals surface area contributed by atoms with E-state index in [0.717, 1.165) is 38.6 Å². The third kappa shape index (κ3) is 3.70. The fraction of sp³-hybridized carbons (Fsp3) is 0.556. The number of fused-ring (bicyclic) bond motifs is 1. The van der Waals surface area contributed by atoms with Crippen LogP contribution in [0.15, 0.2) is 23.0 Å². The number of hydrogen-bond acceptors (Lipinski definition) is 5. The van der Waals surface area contributed by atoms with Crippen molar-refractivity contribution in [1.82, 2.24) is 9.88 Å². The molecule has 0 radical (unpaired) electrons. The maximum atomic E-state index is 12.3. The number of nitrogens with zero attached hydrogens (tertiary/aromatic N) is 1. The van der Waals surface area contributed by atoms with Crippen LogP contribution in [0.3, 0.4) is 0 Å². The van der Waals surface area contributed by atoms with Gasteiger partial charge in [0, 0.05) is 6.54 Å². The number of carbonyl (C=O) groups excluding carboxylic acids is 1. The molecule has 1 aromatic carbocycles. The van der Waals surface area contributed by atoms with Crippen LogP contribution in [0.25, 0.3) is 10.2 Å². The molecule has 1 aromatic heterocycles. The molecule has 0 aliphatic heterocycles. The lowest BCUT2D eigenvalue weighted by atomic mass is 9.85. The van der Waals surface area contributed by atoms with E-state index < -0.39 is 11.7 Å². The second kappa shape index (κ2) is 6.69. The molecule has 24 heavy (non-hydrogen) atoms. The number of carbonyl (C=O) groups is 1. The summed E-state index contributed by atoms with van der Waals surface area (Å²) in [7, 11) is 0. The zero-order valence-corrected chi connectivity index (χ0v) is 15.2. The maximum absolute atomic E-state index is 12.3. The topological polar surface area (TPSA) is 60.3 Å². The van der Waals surface area contributed by atoms with Gasteiger partial charge < -0.3 is 10.1 Å². The van der Waals surface area contributed by atoms with E-state index in [1.165, 1.54) is 19.3 Å². The normalized spacial score (nSPS) is 15.5. The monoisotopic (exact) mass is 348 g/mol. The molecule has 0 atom stereocenters. The van der Waals surface area contributed by atoms with Crippen molar-refractivity contribution >= 4 is 27.6 Å². The molecule has 1 heterocycles. The smallest absolute Gasteiger partial charge is 0.422 e. The van der Waals surface area contributed by atoms with Gasteiger partial charge in [0.25, 0.3) is 0 Å². The summed E-state index contributed by atoms with van der Waals surface area (Å²) in [6.45, 7) is 7.10. The van der Waals surface area contributed by atoms with Crippen molar-refractivity contribution in [3.05, 3.63) is 33.4 Å². The first-order valence-electron chi connectivity index (χ1n) is 8.42. The molecule has 6 heteroatoms. The van der Waals surface area contributed by atoms with Gasteiger partial charge in [-0.2, -0.15) is 0 Å². The van der Waals surface area contributed by atoms with Crippen LogP contribution in [0.2, 0.25) is 0 Å². The average molecular weight is 348 g/mol. The van der Waals surface area contributed by atoms with E-state index in [0.29, 0.717) is 12.1 Å². The summed E-state index contributed by atoms with van der Waals surface area (Å²) in [5.41, 5.74) is 1.05. The van der Waals surface area contributed by atoms with Gasteiger partial charge >= 0.3 is 11.0 Å². The molecule has 1 N–H and O–H groups in total. The molecule has 5 nitrogen and oxygen atoms in total. The predicted octanol–water partition coefficient (Wildman–Crippen LogP) is 3.74. The summed E-state index contributed by atoms with van der Waals surface area (Å²) in [5.74, 6) is 0.786. The highest BCUT2D eigenvalue weighted by atomic mass is 32.1. The SMILES string of the molecule is CC(C)(C)OC(=O)n1c(=O)sc2c(CNCC3CCC3)cccc21. The Kier molecular flexibility index (Phi) is 4.78. The Balaban J connectivity index is 1.84. The van der Waals surface area contributed by atoms with Gasteiger partial charge in [0.15, 0.2) is 0 Å². The highest BCUT2D eigenvalue weighted by molar-refractivity contribution is 7.16. The largest absolute Gasteiger partial charge is 0.443 e. The lowest BCUT2D eigenvalue weighted by Crippen LogP contribution is -2.31. The minimum atomic E-state index is -0.632. The number of thiazole rings is 1. The van der Waals surface area contributed by atoms with E-state index in [1.54, 1.807) is 26.8 Å². The van der Waals surface area contributed by atoms with Gasteiger partial charge in [-0.3, -0.25) is 4.79 Å². The third-order valence-electron chi connectivity index (χ3n) is 4.24. The number of aromatic nitrogens is 1. The number of nitrogens with one attached hydrogen (secondary N) is 1. The van der Waals surface area contributed by atoms with Crippen molar-refractivity contribution in [3.63, 3.8) is 0 Å². The zero-order valence-electron chi connectivity index (χ0n) is 14.4. The van der Waals surface area contributed by atoms with Crippen LogP contribution in [0.5, 0.6) is 0 Å². The van der Waals surface area contributed by atoms with E-state index >= 15 is 0 Å². The summed E-state index contributed by atoms with van der Waals surface area (Å²) in [6, 6.07) is 5.69. The van der Waals surface area contributed by atoms with Gasteiger partial charge in [0.1, 0.15) is 5.60 Å². The van der Waals surface area contributed by atoms with Crippen molar-refractivity contribution in [3.8, 4) is 0 Å². The second-order valence-electron chi connectivity index (χ2n) is 7.38. The minimum Gasteiger partial charge on any atom is -0.443 e. The molecule has 0 unspecified atom stereocenters. The van der Waals surface area contributed by atoms with Crippen LogP contribution < -0.4 is 10.2 Å². The fourth-order valence-corrected chi connectivity index (χ4v) is 3.80. The average Bonchev–Trinajstić information content (AvgIpc) is 2.76. The summed E-state index contributed by atoms with van der Waals surface area (Å²) >= 11 is 1.10. The molecule has 3 rings (SSSR count). The first-order chi connectivity index (χ1) is 11.3. The number of ether oxygens (including phenoxy) is 1.